The summed E-state index contributed by atoms with van der Waals surface area (Å²) in [6.45, 7) is 7.24. The van der Waals surface area contributed by atoms with E-state index in [9.17, 15) is 0 Å². The molecule has 4 heteroatoms. The van der Waals surface area contributed by atoms with Crippen molar-refractivity contribution in [1.29, 1.82) is 0 Å². The minimum absolute atomic E-state index is 0.508. The quantitative estimate of drug-likeness (QED) is 0.613. The highest BCUT2D eigenvalue weighted by molar-refractivity contribution is 5.80. The van der Waals surface area contributed by atoms with Crippen LogP contribution in [0.1, 0.15) is 45.4 Å². The molecule has 0 atom stereocenters. The SMILES string of the molecule is CCN=C(NC1CCC1)N1CCC2(CCOCC2)C1. The first-order valence-corrected chi connectivity index (χ1v) is 7.95. The molecule has 0 aromatic carbocycles. The monoisotopic (exact) mass is 265 g/mol. The molecule has 1 N–H and O–H groups in total. The van der Waals surface area contributed by atoms with Gasteiger partial charge >= 0.3 is 0 Å². The number of aliphatic imine (C=N–C) groups is 1. The van der Waals surface area contributed by atoms with E-state index >= 15 is 0 Å². The van der Waals surface area contributed by atoms with E-state index in [-0.39, 0.29) is 0 Å². The lowest BCUT2D eigenvalue weighted by molar-refractivity contribution is 0.0217. The number of nitrogens with one attached hydrogen (secondary N) is 1. The number of hydrogen-bond acceptors (Lipinski definition) is 2. The molecule has 3 rings (SSSR count). The van der Waals surface area contributed by atoms with Gasteiger partial charge in [0, 0.05) is 38.9 Å². The van der Waals surface area contributed by atoms with Crippen LogP contribution in [0.5, 0.6) is 0 Å². The Morgan fingerprint density at radius 2 is 2.11 bits per heavy atom. The molecule has 2 aliphatic heterocycles. The van der Waals surface area contributed by atoms with Gasteiger partial charge in [0.15, 0.2) is 5.96 Å². The van der Waals surface area contributed by atoms with Crippen molar-refractivity contribution in [3.63, 3.8) is 0 Å². The summed E-state index contributed by atoms with van der Waals surface area (Å²) >= 11 is 0. The van der Waals surface area contributed by atoms with Gasteiger partial charge in [0.05, 0.1) is 0 Å². The average Bonchev–Trinajstić information content (AvgIpc) is 2.77. The molecule has 0 unspecified atom stereocenters. The van der Waals surface area contributed by atoms with Gasteiger partial charge in [-0.05, 0) is 50.9 Å². The normalized spacial score (nSPS) is 27.6. The van der Waals surface area contributed by atoms with E-state index in [0.717, 1.165) is 25.7 Å². The molecule has 2 heterocycles. The Morgan fingerprint density at radius 1 is 1.32 bits per heavy atom. The van der Waals surface area contributed by atoms with Crippen molar-refractivity contribution >= 4 is 5.96 Å². The predicted molar refractivity (Wildman–Crippen MR) is 77.4 cm³/mol. The lowest BCUT2D eigenvalue weighted by Gasteiger charge is -2.35. The molecule has 1 spiro atoms. The molecule has 0 aromatic rings. The van der Waals surface area contributed by atoms with Crippen molar-refractivity contribution in [2.45, 2.75) is 51.5 Å². The standard InChI is InChI=1S/C15H27N3O/c1-2-16-14(17-13-4-3-5-13)18-9-6-15(12-18)7-10-19-11-8-15/h13H,2-12H2,1H3,(H,16,17). The summed E-state index contributed by atoms with van der Waals surface area (Å²) in [5.74, 6) is 1.16. The molecule has 0 radical (unpaired) electrons. The zero-order chi connectivity index (χ0) is 13.1. The molecule has 0 aromatic heterocycles. The fourth-order valence-corrected chi connectivity index (χ4v) is 3.45. The number of guanidine groups is 1. The molecule has 3 fully saturated rings. The molecule has 0 amide bonds. The lowest BCUT2D eigenvalue weighted by Crippen LogP contribution is -2.48. The lowest BCUT2D eigenvalue weighted by atomic mass is 9.80. The van der Waals surface area contributed by atoms with Crippen molar-refractivity contribution in [2.24, 2.45) is 10.4 Å². The third-order valence-electron chi connectivity index (χ3n) is 5.04. The highest BCUT2D eigenvalue weighted by Gasteiger charge is 2.40. The first-order chi connectivity index (χ1) is 9.31. The minimum Gasteiger partial charge on any atom is -0.381 e. The van der Waals surface area contributed by atoms with Gasteiger partial charge in [-0.1, -0.05) is 0 Å². The van der Waals surface area contributed by atoms with Crippen LogP contribution in [-0.2, 0) is 4.74 Å². The highest BCUT2D eigenvalue weighted by Crippen LogP contribution is 2.39. The number of hydrogen-bond donors (Lipinski definition) is 1. The molecule has 3 aliphatic rings. The second-order valence-corrected chi connectivity index (χ2v) is 6.35. The Morgan fingerprint density at radius 3 is 2.74 bits per heavy atom. The van der Waals surface area contributed by atoms with E-state index < -0.39 is 0 Å². The number of nitrogens with zero attached hydrogens (tertiary/aromatic N) is 2. The summed E-state index contributed by atoms with van der Waals surface area (Å²) in [6, 6.07) is 0.677. The van der Waals surface area contributed by atoms with Gasteiger partial charge < -0.3 is 15.0 Å². The maximum Gasteiger partial charge on any atom is 0.194 e. The van der Waals surface area contributed by atoms with Gasteiger partial charge in [-0.2, -0.15) is 0 Å². The largest absolute Gasteiger partial charge is 0.381 e. The van der Waals surface area contributed by atoms with E-state index in [1.165, 1.54) is 51.6 Å². The van der Waals surface area contributed by atoms with Gasteiger partial charge in [-0.15, -0.1) is 0 Å². The fraction of sp³-hybridized carbons (Fsp3) is 0.933. The first kappa shape index (κ1) is 13.2. The van der Waals surface area contributed by atoms with Crippen LogP contribution in [0.3, 0.4) is 0 Å². The predicted octanol–water partition coefficient (Wildman–Crippen LogP) is 2.01. The minimum atomic E-state index is 0.508. The summed E-state index contributed by atoms with van der Waals surface area (Å²) in [4.78, 5) is 7.20. The van der Waals surface area contributed by atoms with E-state index in [2.05, 4.69) is 17.1 Å². The van der Waals surface area contributed by atoms with Crippen molar-refractivity contribution in [1.82, 2.24) is 10.2 Å². The molecular formula is C15H27N3O. The summed E-state index contributed by atoms with van der Waals surface area (Å²) in [7, 11) is 0. The first-order valence-electron chi connectivity index (χ1n) is 7.95. The summed E-state index contributed by atoms with van der Waals surface area (Å²) in [6.07, 6.45) is 7.77. The van der Waals surface area contributed by atoms with E-state index in [1.54, 1.807) is 0 Å². The molecular weight excluding hydrogens is 238 g/mol. The molecule has 2 saturated heterocycles. The Bertz CT molecular complexity index is 332. The second kappa shape index (κ2) is 5.70. The van der Waals surface area contributed by atoms with Crippen LogP contribution in [0.15, 0.2) is 4.99 Å². The van der Waals surface area contributed by atoms with Crippen LogP contribution in [0, 0.1) is 5.41 Å². The third kappa shape index (κ3) is 2.88. The average molecular weight is 265 g/mol. The zero-order valence-corrected chi connectivity index (χ0v) is 12.2. The van der Waals surface area contributed by atoms with Crippen LogP contribution in [-0.4, -0.2) is 49.7 Å². The molecule has 0 bridgehead atoms. The second-order valence-electron chi connectivity index (χ2n) is 6.35. The van der Waals surface area contributed by atoms with E-state index in [1.807, 2.05) is 0 Å². The van der Waals surface area contributed by atoms with Crippen molar-refractivity contribution in [3.05, 3.63) is 0 Å². The molecule has 4 nitrogen and oxygen atoms in total. The molecule has 1 aliphatic carbocycles. The van der Waals surface area contributed by atoms with Gasteiger partial charge in [-0.3, -0.25) is 4.99 Å². The van der Waals surface area contributed by atoms with Gasteiger partial charge in [-0.25, -0.2) is 0 Å². The smallest absolute Gasteiger partial charge is 0.194 e. The highest BCUT2D eigenvalue weighted by atomic mass is 16.5. The Hall–Kier alpha value is -0.770. The van der Waals surface area contributed by atoms with Crippen LogP contribution < -0.4 is 5.32 Å². The summed E-state index contributed by atoms with van der Waals surface area (Å²) < 4.78 is 5.53. The van der Waals surface area contributed by atoms with Crippen molar-refractivity contribution in [3.8, 4) is 0 Å². The molecule has 1 saturated carbocycles. The molecule has 19 heavy (non-hydrogen) atoms. The number of rotatable bonds is 2. The van der Waals surface area contributed by atoms with Crippen LogP contribution in [0.4, 0.5) is 0 Å². The van der Waals surface area contributed by atoms with Crippen molar-refractivity contribution in [2.75, 3.05) is 32.8 Å². The van der Waals surface area contributed by atoms with Gasteiger partial charge in [0.25, 0.3) is 0 Å². The maximum absolute atomic E-state index is 5.53. The maximum atomic E-state index is 5.53. The van der Waals surface area contributed by atoms with Crippen LogP contribution in [0.2, 0.25) is 0 Å². The van der Waals surface area contributed by atoms with Gasteiger partial charge in [0.1, 0.15) is 0 Å². The van der Waals surface area contributed by atoms with Crippen LogP contribution in [0.25, 0.3) is 0 Å². The van der Waals surface area contributed by atoms with Crippen molar-refractivity contribution < 1.29 is 4.74 Å². The topological polar surface area (TPSA) is 36.9 Å². The molecule has 108 valence electrons. The summed E-state index contributed by atoms with van der Waals surface area (Å²) in [5.41, 5.74) is 0.508. The van der Waals surface area contributed by atoms with Gasteiger partial charge in [0.2, 0.25) is 0 Å². The zero-order valence-electron chi connectivity index (χ0n) is 12.2. The Kier molecular flexibility index (Phi) is 3.96. The van der Waals surface area contributed by atoms with Crippen LogP contribution >= 0.6 is 0 Å². The Labute approximate surface area is 116 Å². The third-order valence-corrected chi connectivity index (χ3v) is 5.04. The Balaban J connectivity index is 1.61. The summed E-state index contributed by atoms with van der Waals surface area (Å²) in [5, 5.41) is 3.66. The van der Waals surface area contributed by atoms with E-state index in [0.29, 0.717) is 11.5 Å². The van der Waals surface area contributed by atoms with E-state index in [4.69, 9.17) is 9.73 Å². The number of ether oxygens (including phenoxy) is 1. The number of likely N-dealkylation sites (tertiary alicyclic amines) is 1. The fourth-order valence-electron chi connectivity index (χ4n) is 3.45.